The van der Waals surface area contributed by atoms with Gasteiger partial charge in [-0.25, -0.2) is 9.67 Å². The van der Waals surface area contributed by atoms with E-state index in [0.717, 1.165) is 10.6 Å². The summed E-state index contributed by atoms with van der Waals surface area (Å²) in [6.45, 7) is 0.502. The highest BCUT2D eigenvalue weighted by Gasteiger charge is 2.29. The van der Waals surface area contributed by atoms with Gasteiger partial charge in [-0.05, 0) is 23.6 Å². The van der Waals surface area contributed by atoms with E-state index in [2.05, 4.69) is 15.4 Å². The van der Waals surface area contributed by atoms with Crippen LogP contribution in [-0.4, -0.2) is 51.1 Å². The van der Waals surface area contributed by atoms with Crippen LogP contribution in [0, 0.1) is 0 Å². The molecule has 1 aliphatic heterocycles. The molecule has 1 aliphatic rings. The summed E-state index contributed by atoms with van der Waals surface area (Å²) < 4.78 is 1.67. The Balaban J connectivity index is 1.65. The minimum atomic E-state index is -0.370. The van der Waals surface area contributed by atoms with Gasteiger partial charge in [-0.15, -0.1) is 16.4 Å². The van der Waals surface area contributed by atoms with Crippen molar-refractivity contribution in [3.63, 3.8) is 0 Å². The summed E-state index contributed by atoms with van der Waals surface area (Å²) in [6.07, 6.45) is 0.305. The molecule has 1 aromatic carbocycles. The summed E-state index contributed by atoms with van der Waals surface area (Å²) in [5, 5.41) is 9.23. The van der Waals surface area contributed by atoms with Gasteiger partial charge in [-0.2, -0.15) is 0 Å². The average Bonchev–Trinajstić information content (AvgIpc) is 3.36. The van der Waals surface area contributed by atoms with Gasteiger partial charge in [0, 0.05) is 20.0 Å². The summed E-state index contributed by atoms with van der Waals surface area (Å²) in [4.78, 5) is 31.2. The van der Waals surface area contributed by atoms with Gasteiger partial charge in [0.15, 0.2) is 5.82 Å². The van der Waals surface area contributed by atoms with Crippen LogP contribution in [0.3, 0.4) is 0 Å². The van der Waals surface area contributed by atoms with Crippen molar-refractivity contribution in [2.24, 2.45) is 0 Å². The number of para-hydroxylation sites is 1. The molecule has 7 nitrogen and oxygen atoms in total. The average molecular weight is 367 g/mol. The van der Waals surface area contributed by atoms with Crippen LogP contribution in [0.15, 0.2) is 47.8 Å². The van der Waals surface area contributed by atoms with Crippen LogP contribution in [0.4, 0.5) is 0 Å². The van der Waals surface area contributed by atoms with Crippen LogP contribution in [0.25, 0.3) is 16.4 Å². The van der Waals surface area contributed by atoms with Crippen LogP contribution < -0.4 is 5.32 Å². The fourth-order valence-corrected chi connectivity index (χ4v) is 3.63. The number of likely N-dealkylation sites (N-methyl/N-ethyl adjacent to an activating group) is 1. The first-order valence-corrected chi connectivity index (χ1v) is 9.11. The minimum Gasteiger partial charge on any atom is -0.344 e. The van der Waals surface area contributed by atoms with Crippen molar-refractivity contribution in [3.05, 3.63) is 53.7 Å². The molecular weight excluding hydrogens is 350 g/mol. The van der Waals surface area contributed by atoms with Crippen molar-refractivity contribution in [2.75, 3.05) is 13.6 Å². The molecular formula is C18H17N5O2S. The number of thiophene rings is 1. The van der Waals surface area contributed by atoms with E-state index in [-0.39, 0.29) is 23.7 Å². The van der Waals surface area contributed by atoms with Crippen molar-refractivity contribution in [2.45, 2.75) is 12.5 Å². The molecule has 1 saturated heterocycles. The summed E-state index contributed by atoms with van der Waals surface area (Å²) in [5.74, 6) is 0.373. The van der Waals surface area contributed by atoms with Crippen LogP contribution in [0.1, 0.15) is 17.0 Å². The van der Waals surface area contributed by atoms with Crippen molar-refractivity contribution in [1.82, 2.24) is 25.0 Å². The third kappa shape index (κ3) is 3.11. The summed E-state index contributed by atoms with van der Waals surface area (Å²) in [7, 11) is 1.73. The second-order valence-electron chi connectivity index (χ2n) is 6.13. The lowest BCUT2D eigenvalue weighted by Gasteiger charge is -2.10. The van der Waals surface area contributed by atoms with E-state index in [4.69, 9.17) is 0 Å². The highest BCUT2D eigenvalue weighted by atomic mass is 32.1. The van der Waals surface area contributed by atoms with Gasteiger partial charge in [-0.1, -0.05) is 24.3 Å². The van der Waals surface area contributed by atoms with Crippen LogP contribution >= 0.6 is 11.3 Å². The second-order valence-corrected chi connectivity index (χ2v) is 7.08. The SMILES string of the molecule is CN1CC(NC(=O)c2nc(-c3cccs3)n(-c3ccccc3)n2)CC1=O. The van der Waals surface area contributed by atoms with E-state index < -0.39 is 0 Å². The molecule has 0 saturated carbocycles. The molecule has 8 heteroatoms. The van der Waals surface area contributed by atoms with E-state index in [9.17, 15) is 9.59 Å². The fraction of sp³-hybridized carbons (Fsp3) is 0.222. The van der Waals surface area contributed by atoms with E-state index in [1.807, 2.05) is 47.8 Å². The maximum atomic E-state index is 12.6. The maximum absolute atomic E-state index is 12.6. The smallest absolute Gasteiger partial charge is 0.291 e. The first-order valence-electron chi connectivity index (χ1n) is 8.23. The Bertz CT molecular complexity index is 936. The summed E-state index contributed by atoms with van der Waals surface area (Å²) in [6, 6.07) is 13.2. The van der Waals surface area contributed by atoms with E-state index in [1.54, 1.807) is 16.6 Å². The topological polar surface area (TPSA) is 80.1 Å². The summed E-state index contributed by atoms with van der Waals surface area (Å²) >= 11 is 1.54. The number of aromatic nitrogens is 3. The van der Waals surface area contributed by atoms with E-state index in [1.165, 1.54) is 11.3 Å². The second kappa shape index (κ2) is 6.72. The number of likely N-dealkylation sites (tertiary alicyclic amines) is 1. The highest BCUT2D eigenvalue weighted by Crippen LogP contribution is 2.25. The van der Waals surface area contributed by atoms with Crippen LogP contribution in [0.2, 0.25) is 0 Å². The number of rotatable bonds is 4. The van der Waals surface area contributed by atoms with Crippen molar-refractivity contribution in [3.8, 4) is 16.4 Å². The standard InChI is InChI=1S/C18H17N5O2S/c1-22-11-12(10-15(22)24)19-18(25)16-20-17(14-8-5-9-26-14)23(21-16)13-6-3-2-4-7-13/h2-9,12H,10-11H2,1H3,(H,19,25). The molecule has 1 N–H and O–H groups in total. The zero-order valence-corrected chi connectivity index (χ0v) is 14.9. The molecule has 1 unspecified atom stereocenters. The molecule has 1 fully saturated rings. The number of hydrogen-bond acceptors (Lipinski definition) is 5. The Labute approximate surface area is 154 Å². The van der Waals surface area contributed by atoms with Crippen molar-refractivity contribution >= 4 is 23.2 Å². The third-order valence-electron chi connectivity index (χ3n) is 4.23. The first kappa shape index (κ1) is 16.5. The quantitative estimate of drug-likeness (QED) is 0.764. The molecule has 0 aliphatic carbocycles. The van der Waals surface area contributed by atoms with Crippen molar-refractivity contribution in [1.29, 1.82) is 0 Å². The monoisotopic (exact) mass is 367 g/mol. The van der Waals surface area contributed by atoms with Gasteiger partial charge in [0.2, 0.25) is 11.7 Å². The molecule has 3 heterocycles. The number of benzene rings is 1. The van der Waals surface area contributed by atoms with Gasteiger partial charge in [0.25, 0.3) is 5.91 Å². The number of hydrogen-bond donors (Lipinski definition) is 1. The third-order valence-corrected chi connectivity index (χ3v) is 5.09. The maximum Gasteiger partial charge on any atom is 0.291 e. The Morgan fingerprint density at radius 1 is 1.23 bits per heavy atom. The molecule has 0 bridgehead atoms. The molecule has 26 heavy (non-hydrogen) atoms. The van der Waals surface area contributed by atoms with Crippen LogP contribution in [-0.2, 0) is 4.79 Å². The Morgan fingerprint density at radius 3 is 2.69 bits per heavy atom. The lowest BCUT2D eigenvalue weighted by Crippen LogP contribution is -2.37. The van der Waals surface area contributed by atoms with E-state index in [0.29, 0.717) is 18.8 Å². The van der Waals surface area contributed by atoms with Gasteiger partial charge in [0.05, 0.1) is 16.6 Å². The van der Waals surface area contributed by atoms with E-state index >= 15 is 0 Å². The van der Waals surface area contributed by atoms with Gasteiger partial charge < -0.3 is 10.2 Å². The van der Waals surface area contributed by atoms with Gasteiger partial charge in [0.1, 0.15) is 0 Å². The molecule has 2 aromatic heterocycles. The predicted octanol–water partition coefficient (Wildman–Crippen LogP) is 1.96. The fourth-order valence-electron chi connectivity index (χ4n) is 2.93. The first-order chi connectivity index (χ1) is 12.6. The summed E-state index contributed by atoms with van der Waals surface area (Å²) in [5.41, 5.74) is 0.832. The van der Waals surface area contributed by atoms with Crippen LogP contribution in [0.5, 0.6) is 0 Å². The molecule has 2 amide bonds. The largest absolute Gasteiger partial charge is 0.344 e. The Hall–Kier alpha value is -3.00. The molecule has 4 rings (SSSR count). The van der Waals surface area contributed by atoms with Gasteiger partial charge in [-0.3, -0.25) is 9.59 Å². The number of nitrogens with zero attached hydrogens (tertiary/aromatic N) is 4. The Kier molecular flexibility index (Phi) is 4.26. The number of amides is 2. The predicted molar refractivity (Wildman–Crippen MR) is 98.2 cm³/mol. The molecule has 1 atom stereocenters. The highest BCUT2D eigenvalue weighted by molar-refractivity contribution is 7.13. The lowest BCUT2D eigenvalue weighted by molar-refractivity contribution is -0.126. The zero-order chi connectivity index (χ0) is 18.1. The minimum absolute atomic E-state index is 0.0253. The molecule has 0 radical (unpaired) electrons. The Morgan fingerprint density at radius 2 is 2.04 bits per heavy atom. The number of carbonyl (C=O) groups excluding carboxylic acids is 2. The lowest BCUT2D eigenvalue weighted by atomic mass is 10.2. The number of carbonyl (C=O) groups is 2. The van der Waals surface area contributed by atoms with Crippen molar-refractivity contribution < 1.29 is 9.59 Å². The molecule has 0 spiro atoms. The molecule has 3 aromatic rings. The number of nitrogens with one attached hydrogen (secondary N) is 1. The van der Waals surface area contributed by atoms with Gasteiger partial charge >= 0.3 is 0 Å². The molecule has 132 valence electrons. The zero-order valence-electron chi connectivity index (χ0n) is 14.1. The normalized spacial score (nSPS) is 16.9.